The molecule has 3 unspecified atom stereocenters. The van der Waals surface area contributed by atoms with Gasteiger partial charge in [0, 0.05) is 29.0 Å². The summed E-state index contributed by atoms with van der Waals surface area (Å²) in [7, 11) is -14.6. The van der Waals surface area contributed by atoms with E-state index in [0.29, 0.717) is 12.3 Å². The van der Waals surface area contributed by atoms with Crippen molar-refractivity contribution < 1.29 is 70.4 Å². The maximum absolute atomic E-state index is 12.6. The molecule has 1 aromatic heterocycles. The van der Waals surface area contributed by atoms with Crippen LogP contribution in [0.5, 0.6) is 0 Å². The average molecular weight is 797 g/mol. The Kier molecular flexibility index (Phi) is 18.1. The Bertz CT molecular complexity index is 1650. The number of nitrogens with one attached hydrogen (secondary N) is 3. The van der Waals surface area contributed by atoms with Crippen molar-refractivity contribution in [2.75, 3.05) is 44.5 Å². The molecule has 49 heavy (non-hydrogen) atoms. The number of aromatic nitrogens is 2. The summed E-state index contributed by atoms with van der Waals surface area (Å²) in [5.41, 5.74) is 6.44. The lowest BCUT2D eigenvalue weighted by Gasteiger charge is -2.20. The van der Waals surface area contributed by atoms with E-state index in [1.165, 1.54) is 21.6 Å². The SMILES string of the molecule is CB(O)NCCSSCCOC(=O)NCC#Cc1cn([C@H]2CC(OCN=[N+]=[N-])[C@@H](COP(=O)(O)OP(=O)(O)OP(=O)(O)O)O2)c(=O)[nH]c1=O. The lowest BCUT2D eigenvalue weighted by Crippen LogP contribution is -2.34. The van der Waals surface area contributed by atoms with Gasteiger partial charge in [-0.3, -0.25) is 18.9 Å². The maximum Gasteiger partial charge on any atom is 0.490 e. The zero-order valence-corrected chi connectivity index (χ0v) is 29.4. The third-order valence-corrected chi connectivity index (χ3v) is 11.5. The molecular weight excluding hydrogens is 766 g/mol. The van der Waals surface area contributed by atoms with Crippen molar-refractivity contribution in [2.24, 2.45) is 5.11 Å². The van der Waals surface area contributed by atoms with E-state index < -0.39 is 79.6 Å². The minimum atomic E-state index is -5.80. The van der Waals surface area contributed by atoms with Crippen LogP contribution in [0.4, 0.5) is 4.79 Å². The Morgan fingerprint density at radius 1 is 1.22 bits per heavy atom. The van der Waals surface area contributed by atoms with Crippen LogP contribution >= 0.6 is 45.1 Å². The minimum Gasteiger partial charge on any atom is -0.449 e. The fraction of sp³-hybridized carbons (Fsp3) is 0.632. The summed E-state index contributed by atoms with van der Waals surface area (Å²) >= 11 is 0. The second-order valence-corrected chi connectivity index (χ2v) is 16.2. The molecule has 2 rings (SSSR count). The molecular formula is C19H31BN7O17P3S2. The number of carbonyl (C=O) groups excluding carboxylic acids is 1. The number of carbonyl (C=O) groups is 1. The Labute approximate surface area is 284 Å². The predicted molar refractivity (Wildman–Crippen MR) is 172 cm³/mol. The van der Waals surface area contributed by atoms with Crippen LogP contribution in [0.3, 0.4) is 0 Å². The van der Waals surface area contributed by atoms with Gasteiger partial charge in [0.05, 0.1) is 19.3 Å². The van der Waals surface area contributed by atoms with Crippen molar-refractivity contribution in [2.45, 2.75) is 31.7 Å². The zero-order valence-electron chi connectivity index (χ0n) is 25.1. The van der Waals surface area contributed by atoms with Gasteiger partial charge in [0.1, 0.15) is 31.2 Å². The standard InChI is InChI=1S/C19H31BN7O17P3S2/c1-20(31)23-5-7-48-49-8-6-39-19(30)22-4-2-3-13-10-27(18(29)25-17(13)28)16-9-14(40-12-24-26-21)15(42-16)11-41-46(35,36)44-47(37,38)43-45(32,33)34/h10,14-16,23,31H,4-9,11-12H2,1H3,(H,22,30)(H,35,36)(H,37,38)(H,25,28,29)(H2,32,33,34)/t14?,15-,16-/m1/s1. The van der Waals surface area contributed by atoms with E-state index in [0.717, 1.165) is 16.5 Å². The van der Waals surface area contributed by atoms with E-state index in [1.54, 1.807) is 6.82 Å². The van der Waals surface area contributed by atoms with Gasteiger partial charge >= 0.3 is 42.3 Å². The van der Waals surface area contributed by atoms with E-state index in [9.17, 15) is 37.9 Å². The molecule has 2 heterocycles. The predicted octanol–water partition coefficient (Wildman–Crippen LogP) is -0.0206. The molecule has 0 radical (unpaired) electrons. The van der Waals surface area contributed by atoms with Crippen molar-refractivity contribution >= 4 is 58.2 Å². The van der Waals surface area contributed by atoms with E-state index in [-0.39, 0.29) is 25.1 Å². The van der Waals surface area contributed by atoms with Crippen LogP contribution in [0, 0.1) is 11.8 Å². The summed E-state index contributed by atoms with van der Waals surface area (Å²) in [6.45, 7) is 0.574. The quantitative estimate of drug-likeness (QED) is 0.0126. The number of phosphoric ester groups is 1. The first kappa shape index (κ1) is 43.0. The molecule has 5 atom stereocenters. The summed E-state index contributed by atoms with van der Waals surface area (Å²) in [5.74, 6) is 6.25. The normalized spacial score (nSPS) is 19.8. The Morgan fingerprint density at radius 2 is 1.94 bits per heavy atom. The first-order chi connectivity index (χ1) is 22.9. The summed E-state index contributed by atoms with van der Waals surface area (Å²) in [4.78, 5) is 77.7. The smallest absolute Gasteiger partial charge is 0.449 e. The summed E-state index contributed by atoms with van der Waals surface area (Å²) in [5, 5.41) is 17.5. The van der Waals surface area contributed by atoms with Gasteiger partial charge in [0.2, 0.25) is 0 Å². The Morgan fingerprint density at radius 3 is 2.61 bits per heavy atom. The monoisotopic (exact) mass is 797 g/mol. The van der Waals surface area contributed by atoms with Crippen molar-refractivity contribution in [1.82, 2.24) is 20.1 Å². The van der Waals surface area contributed by atoms with E-state index in [4.69, 9.17) is 34.6 Å². The van der Waals surface area contributed by atoms with Crippen molar-refractivity contribution in [3.63, 3.8) is 0 Å². The molecule has 1 fully saturated rings. The third-order valence-electron chi connectivity index (χ3n) is 5.34. The molecule has 24 nitrogen and oxygen atoms in total. The van der Waals surface area contributed by atoms with Gasteiger partial charge in [-0.1, -0.05) is 38.5 Å². The second-order valence-electron chi connectivity index (χ2n) is 9.09. The molecule has 0 bridgehead atoms. The summed E-state index contributed by atoms with van der Waals surface area (Å²) < 4.78 is 63.3. The number of phosphoric acid groups is 3. The number of amides is 1. The number of aromatic amines is 1. The Hall–Kier alpha value is -2.17. The number of alkyl carbamates (subject to hydrolysis) is 1. The molecule has 8 N–H and O–H groups in total. The van der Waals surface area contributed by atoms with E-state index in [1.807, 2.05) is 4.98 Å². The van der Waals surface area contributed by atoms with Crippen LogP contribution in [-0.4, -0.2) is 104 Å². The van der Waals surface area contributed by atoms with Crippen molar-refractivity contribution in [3.8, 4) is 11.8 Å². The highest BCUT2D eigenvalue weighted by Gasteiger charge is 2.43. The van der Waals surface area contributed by atoms with Gasteiger partial charge in [-0.05, 0) is 18.9 Å². The lowest BCUT2D eigenvalue weighted by molar-refractivity contribution is -0.0601. The van der Waals surface area contributed by atoms with Crippen molar-refractivity contribution in [1.29, 1.82) is 0 Å². The van der Waals surface area contributed by atoms with Crippen LogP contribution in [0.1, 0.15) is 18.2 Å². The molecule has 0 saturated carbocycles. The van der Waals surface area contributed by atoms with Gasteiger partial charge in [0.15, 0.2) is 0 Å². The van der Waals surface area contributed by atoms with Crippen LogP contribution in [0.15, 0.2) is 20.9 Å². The van der Waals surface area contributed by atoms with Crippen LogP contribution in [0.25, 0.3) is 10.4 Å². The second kappa shape index (κ2) is 20.6. The molecule has 30 heteroatoms. The molecule has 0 aromatic carbocycles. The average Bonchev–Trinajstić information content (AvgIpc) is 3.37. The highest BCUT2D eigenvalue weighted by atomic mass is 33.1. The number of azide groups is 1. The molecule has 1 aliphatic heterocycles. The molecule has 1 aromatic rings. The topological polar surface area (TPSA) is 352 Å². The maximum atomic E-state index is 12.6. The number of nitrogens with zero attached hydrogens (tertiary/aromatic N) is 4. The van der Waals surface area contributed by atoms with Gasteiger partial charge < -0.3 is 49.4 Å². The molecule has 0 spiro atoms. The molecule has 1 aliphatic rings. The number of rotatable bonds is 20. The van der Waals surface area contributed by atoms with E-state index in [2.05, 4.69) is 45.6 Å². The van der Waals surface area contributed by atoms with Gasteiger partial charge in [-0.15, -0.1) is 0 Å². The van der Waals surface area contributed by atoms with Crippen LogP contribution in [-0.2, 0) is 41.1 Å². The fourth-order valence-electron chi connectivity index (χ4n) is 3.51. The van der Waals surface area contributed by atoms with Gasteiger partial charge in [-0.2, -0.15) is 8.62 Å². The first-order valence-electron chi connectivity index (χ1n) is 13.4. The van der Waals surface area contributed by atoms with Gasteiger partial charge in [-0.25, -0.2) is 23.3 Å². The highest BCUT2D eigenvalue weighted by Crippen LogP contribution is 2.66. The Balaban J connectivity index is 2.01. The van der Waals surface area contributed by atoms with Crippen LogP contribution in [0.2, 0.25) is 6.82 Å². The highest BCUT2D eigenvalue weighted by molar-refractivity contribution is 8.76. The third kappa shape index (κ3) is 17.6. The molecule has 274 valence electrons. The first-order valence-corrected chi connectivity index (χ1v) is 20.4. The minimum absolute atomic E-state index is 0.114. The largest absolute Gasteiger partial charge is 0.490 e. The fourth-order valence-corrected chi connectivity index (χ4v) is 8.29. The summed E-state index contributed by atoms with van der Waals surface area (Å²) in [6.07, 6.45) is -3.70. The number of H-pyrrole nitrogens is 1. The van der Waals surface area contributed by atoms with Crippen LogP contribution < -0.4 is 21.8 Å². The molecule has 1 saturated heterocycles. The van der Waals surface area contributed by atoms with Crippen molar-refractivity contribution in [3.05, 3.63) is 43.0 Å². The number of ether oxygens (including phenoxy) is 3. The number of hydrogen-bond acceptors (Lipinski definition) is 17. The zero-order chi connectivity index (χ0) is 36.7. The van der Waals surface area contributed by atoms with Gasteiger partial charge in [0.25, 0.3) is 5.56 Å². The van der Waals surface area contributed by atoms with E-state index >= 15 is 0 Å². The lowest BCUT2D eigenvalue weighted by atomic mass is 9.89. The number of hydrogen-bond donors (Lipinski definition) is 8. The molecule has 1 amide bonds. The summed E-state index contributed by atoms with van der Waals surface area (Å²) in [6, 6.07) is 0. The molecule has 0 aliphatic carbocycles.